The molecule has 3 heteroatoms. The molecule has 2 heterocycles. The normalized spacial score (nSPS) is 30.4. The fourth-order valence-electron chi connectivity index (χ4n) is 2.76. The number of carbonyl (C=O) groups is 1. The van der Waals surface area contributed by atoms with Crippen LogP contribution in [0.2, 0.25) is 0 Å². The lowest BCUT2D eigenvalue weighted by Crippen LogP contribution is -2.43. The Morgan fingerprint density at radius 1 is 1.29 bits per heavy atom. The van der Waals surface area contributed by atoms with Gasteiger partial charge in [-0.1, -0.05) is 24.3 Å². The van der Waals surface area contributed by atoms with Crippen molar-refractivity contribution in [1.29, 1.82) is 5.26 Å². The van der Waals surface area contributed by atoms with Crippen LogP contribution in [0.1, 0.15) is 6.42 Å². The van der Waals surface area contributed by atoms with Crippen LogP contribution >= 0.6 is 0 Å². The first kappa shape index (κ1) is 10.1. The minimum Gasteiger partial charge on any atom is -0.353 e. The zero-order valence-corrected chi connectivity index (χ0v) is 9.28. The smallest absolute Gasteiger partial charge is 0.177 e. The summed E-state index contributed by atoms with van der Waals surface area (Å²) in [7, 11) is 0. The SMILES string of the molecule is N#C[C@@H]1C[C@@H]2C(=O)C=C[C@H]1N2c1ccccc1. The Labute approximate surface area is 100.0 Å². The van der Waals surface area contributed by atoms with Gasteiger partial charge >= 0.3 is 0 Å². The molecule has 0 aromatic heterocycles. The number of nitrogens with zero attached hydrogens (tertiary/aromatic N) is 2. The van der Waals surface area contributed by atoms with Gasteiger partial charge in [0, 0.05) is 5.69 Å². The lowest BCUT2D eigenvalue weighted by Gasteiger charge is -2.32. The van der Waals surface area contributed by atoms with Gasteiger partial charge in [0.2, 0.25) is 0 Å². The van der Waals surface area contributed by atoms with E-state index in [0.29, 0.717) is 6.42 Å². The summed E-state index contributed by atoms with van der Waals surface area (Å²) in [6.45, 7) is 0. The average molecular weight is 224 g/mol. The van der Waals surface area contributed by atoms with E-state index in [9.17, 15) is 4.79 Å². The molecule has 2 bridgehead atoms. The van der Waals surface area contributed by atoms with E-state index in [4.69, 9.17) is 5.26 Å². The van der Waals surface area contributed by atoms with Crippen LogP contribution in [0.5, 0.6) is 0 Å². The zero-order chi connectivity index (χ0) is 11.8. The van der Waals surface area contributed by atoms with Gasteiger partial charge in [-0.3, -0.25) is 4.79 Å². The maximum absolute atomic E-state index is 11.9. The summed E-state index contributed by atoms with van der Waals surface area (Å²) < 4.78 is 0. The van der Waals surface area contributed by atoms with Gasteiger partial charge in [0.05, 0.1) is 24.1 Å². The summed E-state index contributed by atoms with van der Waals surface area (Å²) in [6, 6.07) is 12.1. The van der Waals surface area contributed by atoms with E-state index in [2.05, 4.69) is 11.0 Å². The molecule has 1 saturated heterocycles. The lowest BCUT2D eigenvalue weighted by molar-refractivity contribution is -0.115. The average Bonchev–Trinajstić information content (AvgIpc) is 2.67. The quantitative estimate of drug-likeness (QED) is 0.732. The molecule has 1 fully saturated rings. The van der Waals surface area contributed by atoms with Crippen molar-refractivity contribution < 1.29 is 4.79 Å². The Kier molecular flexibility index (Phi) is 2.22. The topological polar surface area (TPSA) is 44.1 Å². The molecule has 3 atom stereocenters. The number of para-hydroxylation sites is 1. The number of hydrogen-bond acceptors (Lipinski definition) is 3. The number of carbonyl (C=O) groups excluding carboxylic acids is 1. The van der Waals surface area contributed by atoms with Crippen molar-refractivity contribution in [2.24, 2.45) is 5.92 Å². The highest BCUT2D eigenvalue weighted by atomic mass is 16.1. The van der Waals surface area contributed by atoms with Gasteiger partial charge < -0.3 is 4.90 Å². The van der Waals surface area contributed by atoms with Crippen LogP contribution in [-0.2, 0) is 4.79 Å². The van der Waals surface area contributed by atoms with E-state index >= 15 is 0 Å². The minimum atomic E-state index is -0.156. The maximum Gasteiger partial charge on any atom is 0.177 e. The van der Waals surface area contributed by atoms with E-state index < -0.39 is 0 Å². The number of fused-ring (bicyclic) bond motifs is 2. The monoisotopic (exact) mass is 224 g/mol. The van der Waals surface area contributed by atoms with Gasteiger partial charge in [0.1, 0.15) is 0 Å². The third-order valence-corrected chi connectivity index (χ3v) is 3.55. The molecule has 0 amide bonds. The Morgan fingerprint density at radius 3 is 2.76 bits per heavy atom. The minimum absolute atomic E-state index is 0.0464. The molecule has 2 aliphatic heterocycles. The number of rotatable bonds is 1. The standard InChI is InChI=1S/C14H12N2O/c15-9-10-8-13-14(17)7-6-12(10)16(13)11-4-2-1-3-5-11/h1-7,10,12-13H,8H2/t10-,12+,13+/m0/s1. The first-order valence-electron chi connectivity index (χ1n) is 5.76. The van der Waals surface area contributed by atoms with E-state index in [-0.39, 0.29) is 23.8 Å². The summed E-state index contributed by atoms with van der Waals surface area (Å²) in [6.07, 6.45) is 4.14. The summed E-state index contributed by atoms with van der Waals surface area (Å²) in [5.74, 6) is 0.0331. The van der Waals surface area contributed by atoms with Gasteiger partial charge in [-0.25, -0.2) is 0 Å². The molecular formula is C14H12N2O. The molecule has 3 rings (SSSR count). The Morgan fingerprint density at radius 2 is 2.06 bits per heavy atom. The van der Waals surface area contributed by atoms with E-state index in [1.54, 1.807) is 6.08 Å². The Balaban J connectivity index is 2.04. The van der Waals surface area contributed by atoms with Crippen LogP contribution in [0.4, 0.5) is 5.69 Å². The van der Waals surface area contributed by atoms with E-state index in [1.807, 2.05) is 36.4 Å². The second-order valence-electron chi connectivity index (χ2n) is 4.48. The van der Waals surface area contributed by atoms with Crippen LogP contribution in [0.15, 0.2) is 42.5 Å². The summed E-state index contributed by atoms with van der Waals surface area (Å²) >= 11 is 0. The second-order valence-corrected chi connectivity index (χ2v) is 4.48. The van der Waals surface area contributed by atoms with Gasteiger partial charge in [-0.15, -0.1) is 0 Å². The number of anilines is 1. The predicted molar refractivity (Wildman–Crippen MR) is 64.4 cm³/mol. The number of ketones is 1. The number of nitriles is 1. The molecule has 0 spiro atoms. The second kappa shape index (κ2) is 3.74. The molecule has 2 aliphatic rings. The predicted octanol–water partition coefficient (Wildman–Crippen LogP) is 1.91. The van der Waals surface area contributed by atoms with Gasteiger partial charge in [-0.2, -0.15) is 5.26 Å². The van der Waals surface area contributed by atoms with Crippen LogP contribution < -0.4 is 4.90 Å². The largest absolute Gasteiger partial charge is 0.353 e. The van der Waals surface area contributed by atoms with Crippen molar-refractivity contribution in [1.82, 2.24) is 0 Å². The molecule has 0 saturated carbocycles. The molecule has 0 radical (unpaired) electrons. The van der Waals surface area contributed by atoms with Crippen molar-refractivity contribution in [2.45, 2.75) is 18.5 Å². The van der Waals surface area contributed by atoms with Crippen LogP contribution in [-0.4, -0.2) is 17.9 Å². The van der Waals surface area contributed by atoms with Crippen LogP contribution in [0, 0.1) is 17.2 Å². The summed E-state index contributed by atoms with van der Waals surface area (Å²) in [4.78, 5) is 13.9. The van der Waals surface area contributed by atoms with Crippen molar-refractivity contribution in [3.05, 3.63) is 42.5 Å². The summed E-state index contributed by atoms with van der Waals surface area (Å²) in [5.41, 5.74) is 1.03. The van der Waals surface area contributed by atoms with Crippen LogP contribution in [0.3, 0.4) is 0 Å². The Bertz CT molecular complexity index is 515. The zero-order valence-electron chi connectivity index (χ0n) is 9.28. The molecule has 0 N–H and O–H groups in total. The molecular weight excluding hydrogens is 212 g/mol. The maximum atomic E-state index is 11.9. The van der Waals surface area contributed by atoms with Gasteiger partial charge in [0.15, 0.2) is 5.78 Å². The lowest BCUT2D eigenvalue weighted by atomic mass is 10.0. The highest BCUT2D eigenvalue weighted by molar-refractivity contribution is 5.99. The van der Waals surface area contributed by atoms with Crippen molar-refractivity contribution in [2.75, 3.05) is 4.90 Å². The van der Waals surface area contributed by atoms with Crippen molar-refractivity contribution in [3.63, 3.8) is 0 Å². The fraction of sp³-hybridized carbons (Fsp3) is 0.286. The van der Waals surface area contributed by atoms with E-state index in [1.165, 1.54) is 0 Å². The third kappa shape index (κ3) is 1.45. The van der Waals surface area contributed by atoms with Crippen LogP contribution in [0.25, 0.3) is 0 Å². The van der Waals surface area contributed by atoms with E-state index in [0.717, 1.165) is 5.69 Å². The van der Waals surface area contributed by atoms with Crippen molar-refractivity contribution in [3.8, 4) is 6.07 Å². The Hall–Kier alpha value is -2.08. The number of hydrogen-bond donors (Lipinski definition) is 0. The highest BCUT2D eigenvalue weighted by Gasteiger charge is 2.45. The first-order chi connectivity index (χ1) is 8.31. The molecule has 0 unspecified atom stereocenters. The summed E-state index contributed by atoms with van der Waals surface area (Å²) in [5, 5.41) is 9.14. The third-order valence-electron chi connectivity index (χ3n) is 3.55. The fourth-order valence-corrected chi connectivity index (χ4v) is 2.76. The first-order valence-corrected chi connectivity index (χ1v) is 5.76. The molecule has 0 aliphatic carbocycles. The molecule has 1 aromatic carbocycles. The number of benzene rings is 1. The molecule has 17 heavy (non-hydrogen) atoms. The molecule has 1 aromatic rings. The molecule has 3 nitrogen and oxygen atoms in total. The van der Waals surface area contributed by atoms with Crippen molar-refractivity contribution >= 4 is 11.5 Å². The highest BCUT2D eigenvalue weighted by Crippen LogP contribution is 2.37. The van der Waals surface area contributed by atoms with Gasteiger partial charge in [-0.05, 0) is 24.6 Å². The molecule has 84 valence electrons. The van der Waals surface area contributed by atoms with Gasteiger partial charge in [0.25, 0.3) is 0 Å².